The van der Waals surface area contributed by atoms with Crippen LogP contribution in [0.15, 0.2) is 36.5 Å². The van der Waals surface area contributed by atoms with Gasteiger partial charge in [-0.05, 0) is 56.2 Å². The molecule has 21 heavy (non-hydrogen) atoms. The van der Waals surface area contributed by atoms with E-state index in [1.54, 1.807) is 0 Å². The van der Waals surface area contributed by atoms with E-state index >= 15 is 0 Å². The van der Waals surface area contributed by atoms with E-state index in [4.69, 9.17) is 0 Å². The Morgan fingerprint density at radius 3 is 2.67 bits per heavy atom. The number of hydrogen-bond acceptors (Lipinski definition) is 2. The fourth-order valence-corrected chi connectivity index (χ4v) is 2.77. The molecule has 0 aliphatic heterocycles. The van der Waals surface area contributed by atoms with Crippen molar-refractivity contribution in [1.82, 2.24) is 9.55 Å². The van der Waals surface area contributed by atoms with Crippen molar-refractivity contribution in [2.45, 2.75) is 27.3 Å². The minimum Gasteiger partial charge on any atom is -0.380 e. The van der Waals surface area contributed by atoms with Crippen LogP contribution in [0.3, 0.4) is 0 Å². The van der Waals surface area contributed by atoms with Crippen LogP contribution in [0.2, 0.25) is 0 Å². The Bertz CT molecular complexity index is 800. The van der Waals surface area contributed by atoms with Gasteiger partial charge in [0.05, 0.1) is 5.52 Å². The number of hydrogen-bond donors (Lipinski definition) is 1. The normalized spacial score (nSPS) is 11.0. The Labute approximate surface area is 125 Å². The molecular formula is C18H21N3. The lowest BCUT2D eigenvalue weighted by atomic mass is 10.1. The standard InChI is InChI=1S/C18H21N3/c1-12-7-8-17(16-6-5-9-19-18(12)16)20-11-15-10-13(2)21(4)14(15)3/h5-10,20H,11H2,1-4H3. The van der Waals surface area contributed by atoms with Crippen LogP contribution in [0.5, 0.6) is 0 Å². The van der Waals surface area contributed by atoms with Gasteiger partial charge in [0.2, 0.25) is 0 Å². The Morgan fingerprint density at radius 1 is 1.14 bits per heavy atom. The van der Waals surface area contributed by atoms with E-state index in [9.17, 15) is 0 Å². The second kappa shape index (κ2) is 5.24. The first-order valence-electron chi connectivity index (χ1n) is 7.28. The number of nitrogens with one attached hydrogen (secondary N) is 1. The van der Waals surface area contributed by atoms with Crippen molar-refractivity contribution in [3.63, 3.8) is 0 Å². The van der Waals surface area contributed by atoms with Crippen molar-refractivity contribution in [1.29, 1.82) is 0 Å². The van der Waals surface area contributed by atoms with E-state index in [1.807, 2.05) is 12.3 Å². The largest absolute Gasteiger partial charge is 0.380 e. The highest BCUT2D eigenvalue weighted by atomic mass is 15.0. The molecule has 3 heteroatoms. The summed E-state index contributed by atoms with van der Waals surface area (Å²) >= 11 is 0. The van der Waals surface area contributed by atoms with E-state index in [-0.39, 0.29) is 0 Å². The van der Waals surface area contributed by atoms with Crippen LogP contribution in [-0.4, -0.2) is 9.55 Å². The van der Waals surface area contributed by atoms with Gasteiger partial charge in [0, 0.05) is 42.3 Å². The Morgan fingerprint density at radius 2 is 1.95 bits per heavy atom. The predicted molar refractivity (Wildman–Crippen MR) is 88.7 cm³/mol. The van der Waals surface area contributed by atoms with Gasteiger partial charge in [0.15, 0.2) is 0 Å². The topological polar surface area (TPSA) is 29.9 Å². The van der Waals surface area contributed by atoms with Crippen molar-refractivity contribution in [2.24, 2.45) is 7.05 Å². The maximum absolute atomic E-state index is 4.49. The lowest BCUT2D eigenvalue weighted by Gasteiger charge is -2.11. The van der Waals surface area contributed by atoms with Crippen LogP contribution in [0, 0.1) is 20.8 Å². The molecule has 0 atom stereocenters. The highest BCUT2D eigenvalue weighted by molar-refractivity contribution is 5.93. The zero-order chi connectivity index (χ0) is 15.0. The van der Waals surface area contributed by atoms with Gasteiger partial charge >= 0.3 is 0 Å². The lowest BCUT2D eigenvalue weighted by molar-refractivity contribution is 0.837. The summed E-state index contributed by atoms with van der Waals surface area (Å²) in [5.41, 5.74) is 7.37. The van der Waals surface area contributed by atoms with Crippen LogP contribution >= 0.6 is 0 Å². The van der Waals surface area contributed by atoms with Crippen molar-refractivity contribution in [3.8, 4) is 0 Å². The number of rotatable bonds is 3. The molecule has 108 valence electrons. The number of aryl methyl sites for hydroxylation is 2. The molecule has 1 N–H and O–H groups in total. The first-order chi connectivity index (χ1) is 10.1. The smallest absolute Gasteiger partial charge is 0.0751 e. The molecular weight excluding hydrogens is 258 g/mol. The molecule has 0 spiro atoms. The zero-order valence-electron chi connectivity index (χ0n) is 13.1. The van der Waals surface area contributed by atoms with Crippen LogP contribution < -0.4 is 5.32 Å². The second-order valence-electron chi connectivity index (χ2n) is 5.64. The quantitative estimate of drug-likeness (QED) is 0.782. The molecule has 0 fully saturated rings. The molecule has 0 bridgehead atoms. The first-order valence-corrected chi connectivity index (χ1v) is 7.28. The Kier molecular flexibility index (Phi) is 3.42. The van der Waals surface area contributed by atoms with Gasteiger partial charge in [0.1, 0.15) is 0 Å². The molecule has 0 aliphatic rings. The van der Waals surface area contributed by atoms with Crippen LogP contribution in [0.25, 0.3) is 10.9 Å². The molecule has 0 aliphatic carbocycles. The monoisotopic (exact) mass is 279 g/mol. The fourth-order valence-electron chi connectivity index (χ4n) is 2.77. The third-order valence-corrected chi connectivity index (χ3v) is 4.32. The third-order valence-electron chi connectivity index (χ3n) is 4.32. The van der Waals surface area contributed by atoms with E-state index in [1.165, 1.54) is 27.9 Å². The summed E-state index contributed by atoms with van der Waals surface area (Å²) in [6.45, 7) is 7.24. The first kappa shape index (κ1) is 13.7. The number of pyridine rings is 1. The number of aromatic nitrogens is 2. The summed E-state index contributed by atoms with van der Waals surface area (Å²) < 4.78 is 2.23. The van der Waals surface area contributed by atoms with Crippen LogP contribution in [-0.2, 0) is 13.6 Å². The van der Waals surface area contributed by atoms with Gasteiger partial charge in [0.25, 0.3) is 0 Å². The van der Waals surface area contributed by atoms with E-state index < -0.39 is 0 Å². The summed E-state index contributed by atoms with van der Waals surface area (Å²) in [4.78, 5) is 4.49. The molecule has 3 aromatic rings. The van der Waals surface area contributed by atoms with Crippen molar-refractivity contribution in [2.75, 3.05) is 5.32 Å². The summed E-state index contributed by atoms with van der Waals surface area (Å²) in [5, 5.41) is 4.74. The lowest BCUT2D eigenvalue weighted by Crippen LogP contribution is -2.02. The number of nitrogens with zero attached hydrogens (tertiary/aromatic N) is 2. The molecule has 3 nitrogen and oxygen atoms in total. The maximum atomic E-state index is 4.49. The Balaban J connectivity index is 1.92. The predicted octanol–water partition coefficient (Wildman–Crippen LogP) is 4.11. The molecule has 0 saturated carbocycles. The maximum Gasteiger partial charge on any atom is 0.0751 e. The summed E-state index contributed by atoms with van der Waals surface area (Å²) in [6.07, 6.45) is 1.85. The second-order valence-corrected chi connectivity index (χ2v) is 5.64. The van der Waals surface area contributed by atoms with E-state index in [2.05, 4.69) is 67.0 Å². The fraction of sp³-hybridized carbons (Fsp3) is 0.278. The zero-order valence-corrected chi connectivity index (χ0v) is 13.1. The summed E-state index contributed by atoms with van der Waals surface area (Å²) in [7, 11) is 2.11. The van der Waals surface area contributed by atoms with E-state index in [0.29, 0.717) is 0 Å². The SMILES string of the molecule is Cc1ccc(NCc2cc(C)n(C)c2C)c2cccnc12. The van der Waals surface area contributed by atoms with Crippen LogP contribution in [0.4, 0.5) is 5.69 Å². The van der Waals surface area contributed by atoms with Crippen molar-refractivity contribution >= 4 is 16.6 Å². The van der Waals surface area contributed by atoms with Crippen LogP contribution in [0.1, 0.15) is 22.5 Å². The average Bonchev–Trinajstić information content (AvgIpc) is 2.74. The summed E-state index contributed by atoms with van der Waals surface area (Å²) in [6, 6.07) is 10.6. The highest BCUT2D eigenvalue weighted by Crippen LogP contribution is 2.25. The van der Waals surface area contributed by atoms with Gasteiger partial charge in [-0.15, -0.1) is 0 Å². The minimum atomic E-state index is 0.834. The molecule has 3 rings (SSSR count). The summed E-state index contributed by atoms with van der Waals surface area (Å²) in [5.74, 6) is 0. The highest BCUT2D eigenvalue weighted by Gasteiger charge is 2.08. The third kappa shape index (κ3) is 2.40. The number of anilines is 1. The van der Waals surface area contributed by atoms with Gasteiger partial charge in [-0.3, -0.25) is 4.98 Å². The molecule has 0 amide bonds. The van der Waals surface area contributed by atoms with Crippen molar-refractivity contribution < 1.29 is 0 Å². The van der Waals surface area contributed by atoms with E-state index in [0.717, 1.165) is 17.7 Å². The average molecular weight is 279 g/mol. The molecule has 2 heterocycles. The number of fused-ring (bicyclic) bond motifs is 1. The van der Waals surface area contributed by atoms with Gasteiger partial charge in [-0.2, -0.15) is 0 Å². The van der Waals surface area contributed by atoms with Gasteiger partial charge in [-0.1, -0.05) is 6.07 Å². The molecule has 1 aromatic carbocycles. The number of benzene rings is 1. The van der Waals surface area contributed by atoms with Gasteiger partial charge < -0.3 is 9.88 Å². The molecule has 2 aromatic heterocycles. The molecule has 0 saturated heterocycles. The molecule has 0 unspecified atom stereocenters. The Hall–Kier alpha value is -2.29. The van der Waals surface area contributed by atoms with Gasteiger partial charge in [-0.25, -0.2) is 0 Å². The van der Waals surface area contributed by atoms with Crippen molar-refractivity contribution in [3.05, 3.63) is 59.0 Å². The molecule has 0 radical (unpaired) electrons. The minimum absolute atomic E-state index is 0.834.